The van der Waals surface area contributed by atoms with Gasteiger partial charge in [-0.05, 0) is 6.07 Å². The second-order valence-corrected chi connectivity index (χ2v) is 4.71. The molecule has 3 heteroatoms. The van der Waals surface area contributed by atoms with Crippen molar-refractivity contribution in [1.29, 1.82) is 0 Å². The summed E-state index contributed by atoms with van der Waals surface area (Å²) in [5.41, 5.74) is 1.24. The molecule has 0 unspecified atom stereocenters. The van der Waals surface area contributed by atoms with Gasteiger partial charge >= 0.3 is 0 Å². The smallest absolute Gasteiger partial charge is 0.168 e. The maximum absolute atomic E-state index is 12.4. The Kier molecular flexibility index (Phi) is 4.53. The van der Waals surface area contributed by atoms with E-state index in [4.69, 9.17) is 4.74 Å². The molecule has 20 heavy (non-hydrogen) atoms. The second-order valence-electron chi connectivity index (χ2n) is 4.71. The van der Waals surface area contributed by atoms with E-state index in [9.17, 15) is 9.90 Å². The molecule has 0 saturated heterocycles. The van der Waals surface area contributed by atoms with Crippen LogP contribution in [0.5, 0.6) is 5.75 Å². The number of para-hydroxylation sites is 1. The van der Waals surface area contributed by atoms with Crippen LogP contribution in [0.4, 0.5) is 0 Å². The zero-order chi connectivity index (χ0) is 14.5. The summed E-state index contributed by atoms with van der Waals surface area (Å²) in [5, 5.41) is 10.4. The van der Waals surface area contributed by atoms with Crippen LogP contribution in [0.15, 0.2) is 54.6 Å². The van der Waals surface area contributed by atoms with Crippen LogP contribution in [-0.2, 0) is 0 Å². The number of ketones is 1. The summed E-state index contributed by atoms with van der Waals surface area (Å²) in [4.78, 5) is 12.4. The summed E-state index contributed by atoms with van der Waals surface area (Å²) in [5.74, 6) is -0.0228. The van der Waals surface area contributed by atoms with Gasteiger partial charge in [0.25, 0.3) is 0 Å². The Morgan fingerprint density at radius 2 is 1.65 bits per heavy atom. The number of hydrogen-bond donors (Lipinski definition) is 1. The number of carbonyl (C=O) groups excluding carboxylic acids is 1. The fourth-order valence-electron chi connectivity index (χ4n) is 2.19. The quantitative estimate of drug-likeness (QED) is 0.848. The predicted octanol–water partition coefficient (Wildman–Crippen LogP) is 3.25. The number of Topliss-reactive ketones (excluding diaryl/α,β-unsaturated/α-hetero) is 1. The summed E-state index contributed by atoms with van der Waals surface area (Å²) in [6.07, 6.45) is -0.890. The summed E-state index contributed by atoms with van der Waals surface area (Å²) in [7, 11) is 1.55. The first-order chi connectivity index (χ1) is 9.65. The molecule has 0 aliphatic carbocycles. The van der Waals surface area contributed by atoms with Crippen LogP contribution in [0.25, 0.3) is 0 Å². The lowest BCUT2D eigenvalue weighted by molar-refractivity contribution is 0.0707. The molecule has 2 aromatic rings. The zero-order valence-corrected chi connectivity index (χ0v) is 11.6. The topological polar surface area (TPSA) is 46.5 Å². The molecule has 1 N–H and O–H groups in total. The first-order valence-electron chi connectivity index (χ1n) is 6.55. The maximum atomic E-state index is 12.4. The molecular weight excluding hydrogens is 252 g/mol. The third kappa shape index (κ3) is 2.89. The van der Waals surface area contributed by atoms with Crippen LogP contribution >= 0.6 is 0 Å². The average Bonchev–Trinajstić information content (AvgIpc) is 2.53. The standard InChI is InChI=1S/C17H18O3/c1-12(16(18)13-8-4-3-5-9-13)17(19)14-10-6-7-11-15(14)20-2/h3-12,17,19H,1-2H3/t12-,17+/m0/s1. The Labute approximate surface area is 118 Å². The summed E-state index contributed by atoms with van der Waals surface area (Å²) in [6.45, 7) is 1.73. The molecule has 0 fully saturated rings. The van der Waals surface area contributed by atoms with E-state index in [-0.39, 0.29) is 5.78 Å². The van der Waals surface area contributed by atoms with Gasteiger partial charge in [0.2, 0.25) is 0 Å². The van der Waals surface area contributed by atoms with Crippen molar-refractivity contribution in [1.82, 2.24) is 0 Å². The largest absolute Gasteiger partial charge is 0.496 e. The molecule has 0 bridgehead atoms. The summed E-state index contributed by atoms with van der Waals surface area (Å²) >= 11 is 0. The van der Waals surface area contributed by atoms with Crippen molar-refractivity contribution in [3.8, 4) is 5.75 Å². The number of aliphatic hydroxyl groups excluding tert-OH is 1. The third-order valence-electron chi connectivity index (χ3n) is 3.40. The van der Waals surface area contributed by atoms with Crippen LogP contribution in [0, 0.1) is 5.92 Å². The van der Waals surface area contributed by atoms with Crippen molar-refractivity contribution in [2.45, 2.75) is 13.0 Å². The molecule has 0 aliphatic rings. The van der Waals surface area contributed by atoms with Gasteiger partial charge in [-0.1, -0.05) is 55.5 Å². The molecule has 0 radical (unpaired) electrons. The third-order valence-corrected chi connectivity index (χ3v) is 3.40. The number of rotatable bonds is 5. The van der Waals surface area contributed by atoms with Gasteiger partial charge in [-0.15, -0.1) is 0 Å². The molecule has 0 saturated carbocycles. The van der Waals surface area contributed by atoms with Crippen LogP contribution < -0.4 is 4.74 Å². The number of methoxy groups -OCH3 is 1. The lowest BCUT2D eigenvalue weighted by Crippen LogP contribution is -2.20. The Balaban J connectivity index is 2.24. The molecule has 0 spiro atoms. The number of ether oxygens (including phenoxy) is 1. The van der Waals surface area contributed by atoms with Gasteiger partial charge in [0.1, 0.15) is 5.75 Å². The van der Waals surface area contributed by atoms with Gasteiger partial charge in [-0.3, -0.25) is 4.79 Å². The van der Waals surface area contributed by atoms with E-state index in [2.05, 4.69) is 0 Å². The molecule has 2 atom stereocenters. The Morgan fingerprint density at radius 3 is 2.30 bits per heavy atom. The van der Waals surface area contributed by atoms with E-state index in [1.54, 1.807) is 38.3 Å². The molecule has 104 valence electrons. The SMILES string of the molecule is COc1ccccc1[C@H](O)[C@@H](C)C(=O)c1ccccc1. The van der Waals surface area contributed by atoms with E-state index in [0.717, 1.165) is 0 Å². The van der Waals surface area contributed by atoms with Crippen molar-refractivity contribution >= 4 is 5.78 Å². The molecule has 0 aromatic heterocycles. The van der Waals surface area contributed by atoms with E-state index < -0.39 is 12.0 Å². The van der Waals surface area contributed by atoms with Crippen LogP contribution in [0.2, 0.25) is 0 Å². The summed E-state index contributed by atoms with van der Waals surface area (Å²) in [6, 6.07) is 16.2. The molecule has 0 aliphatic heterocycles. The molecular formula is C17H18O3. The number of carbonyl (C=O) groups is 1. The van der Waals surface area contributed by atoms with Crippen molar-refractivity contribution in [2.24, 2.45) is 5.92 Å². The minimum absolute atomic E-state index is 0.0796. The first-order valence-corrected chi connectivity index (χ1v) is 6.55. The average molecular weight is 270 g/mol. The number of aliphatic hydroxyl groups is 1. The van der Waals surface area contributed by atoms with Gasteiger partial charge in [-0.2, -0.15) is 0 Å². The van der Waals surface area contributed by atoms with Gasteiger partial charge < -0.3 is 9.84 Å². The maximum Gasteiger partial charge on any atom is 0.168 e. The van der Waals surface area contributed by atoms with Crippen LogP contribution in [0.1, 0.15) is 28.9 Å². The predicted molar refractivity (Wildman–Crippen MR) is 77.9 cm³/mol. The normalized spacial score (nSPS) is 13.6. The Hall–Kier alpha value is -2.13. The molecule has 2 rings (SSSR count). The van der Waals surface area contributed by atoms with Crippen LogP contribution in [0.3, 0.4) is 0 Å². The molecule has 0 amide bonds. The Morgan fingerprint density at radius 1 is 1.05 bits per heavy atom. The minimum Gasteiger partial charge on any atom is -0.496 e. The van der Waals surface area contributed by atoms with Crippen molar-refractivity contribution in [2.75, 3.05) is 7.11 Å². The number of hydrogen-bond acceptors (Lipinski definition) is 3. The highest BCUT2D eigenvalue weighted by Gasteiger charge is 2.26. The van der Waals surface area contributed by atoms with Gasteiger partial charge in [0, 0.05) is 17.0 Å². The minimum atomic E-state index is -0.890. The van der Waals surface area contributed by atoms with Gasteiger partial charge in [-0.25, -0.2) is 0 Å². The lowest BCUT2D eigenvalue weighted by Gasteiger charge is -2.20. The fourth-order valence-corrected chi connectivity index (χ4v) is 2.19. The van der Waals surface area contributed by atoms with Crippen molar-refractivity contribution in [3.05, 3.63) is 65.7 Å². The first kappa shape index (κ1) is 14.3. The van der Waals surface area contributed by atoms with Gasteiger partial charge in [0.05, 0.1) is 13.2 Å². The lowest BCUT2D eigenvalue weighted by atomic mass is 9.90. The van der Waals surface area contributed by atoms with Crippen molar-refractivity contribution in [3.63, 3.8) is 0 Å². The van der Waals surface area contributed by atoms with Crippen LogP contribution in [-0.4, -0.2) is 18.0 Å². The molecule has 3 nitrogen and oxygen atoms in total. The highest BCUT2D eigenvalue weighted by atomic mass is 16.5. The van der Waals surface area contributed by atoms with E-state index in [1.165, 1.54) is 0 Å². The second kappa shape index (κ2) is 6.35. The molecule has 0 heterocycles. The summed E-state index contributed by atoms with van der Waals surface area (Å²) < 4.78 is 5.23. The Bertz CT molecular complexity index is 578. The molecule has 2 aromatic carbocycles. The highest BCUT2D eigenvalue weighted by Crippen LogP contribution is 2.31. The van der Waals surface area contributed by atoms with E-state index in [0.29, 0.717) is 16.9 Å². The van der Waals surface area contributed by atoms with Gasteiger partial charge in [0.15, 0.2) is 5.78 Å². The van der Waals surface area contributed by atoms with E-state index in [1.807, 2.05) is 30.3 Å². The zero-order valence-electron chi connectivity index (χ0n) is 11.6. The monoisotopic (exact) mass is 270 g/mol. The van der Waals surface area contributed by atoms with E-state index >= 15 is 0 Å². The highest BCUT2D eigenvalue weighted by molar-refractivity contribution is 5.98. The van der Waals surface area contributed by atoms with Crippen molar-refractivity contribution < 1.29 is 14.6 Å². The number of benzene rings is 2. The fraction of sp³-hybridized carbons (Fsp3) is 0.235.